The molecule has 25 heavy (non-hydrogen) atoms. The van der Waals surface area contributed by atoms with Crippen LogP contribution in [-0.2, 0) is 27.2 Å². The van der Waals surface area contributed by atoms with E-state index in [0.29, 0.717) is 5.56 Å². The fraction of sp³-hybridized carbons (Fsp3) is 0.550. The van der Waals surface area contributed by atoms with Crippen molar-refractivity contribution in [1.82, 2.24) is 5.32 Å². The first-order valence-corrected chi connectivity index (χ1v) is 9.18. The summed E-state index contributed by atoms with van der Waals surface area (Å²) in [7, 11) is 0. The number of benzene rings is 1. The number of amides is 1. The number of Topliss-reactive ketones (excluding diaryl/α,β-unsaturated/α-hetero) is 1. The molecule has 1 amide bonds. The van der Waals surface area contributed by atoms with E-state index in [-0.39, 0.29) is 30.6 Å². The third-order valence-electron chi connectivity index (χ3n) is 4.83. The Hall–Kier alpha value is -2.17. The molecule has 0 aliphatic heterocycles. The maximum absolute atomic E-state index is 12.3. The van der Waals surface area contributed by atoms with Crippen LogP contribution in [0.3, 0.4) is 0 Å². The van der Waals surface area contributed by atoms with Crippen LogP contribution in [0.15, 0.2) is 18.2 Å². The van der Waals surface area contributed by atoms with Crippen molar-refractivity contribution in [2.45, 2.75) is 70.4 Å². The molecule has 0 saturated heterocycles. The minimum atomic E-state index is -0.813. The van der Waals surface area contributed by atoms with Crippen molar-refractivity contribution in [2.75, 3.05) is 0 Å². The van der Waals surface area contributed by atoms with Gasteiger partial charge in [-0.3, -0.25) is 14.4 Å². The number of carbonyl (C=O) groups is 3. The molecule has 2 aliphatic rings. The molecule has 134 valence electrons. The largest absolute Gasteiger partial charge is 0.453 e. The van der Waals surface area contributed by atoms with Gasteiger partial charge in [-0.15, -0.1) is 0 Å². The van der Waals surface area contributed by atoms with E-state index in [1.54, 1.807) is 6.92 Å². The Morgan fingerprint density at radius 3 is 2.56 bits per heavy atom. The average Bonchev–Trinajstić information content (AvgIpc) is 3.43. The van der Waals surface area contributed by atoms with E-state index in [2.05, 4.69) is 5.32 Å². The number of nitrogens with one attached hydrogen (secondary N) is 1. The Kier molecular flexibility index (Phi) is 5.51. The summed E-state index contributed by atoms with van der Waals surface area (Å²) in [4.78, 5) is 36.0. The third-order valence-corrected chi connectivity index (χ3v) is 4.83. The smallest absolute Gasteiger partial charge is 0.307 e. The number of carbonyl (C=O) groups excluding carboxylic acids is 3. The fourth-order valence-electron chi connectivity index (χ4n) is 3.12. The lowest BCUT2D eigenvalue weighted by Gasteiger charge is -2.16. The number of ketones is 1. The lowest BCUT2D eigenvalue weighted by atomic mass is 9.89. The predicted molar refractivity (Wildman–Crippen MR) is 93.4 cm³/mol. The molecule has 1 fully saturated rings. The van der Waals surface area contributed by atoms with Crippen LogP contribution < -0.4 is 5.32 Å². The molecule has 1 aromatic rings. The Labute approximate surface area is 148 Å². The minimum Gasteiger partial charge on any atom is -0.453 e. The van der Waals surface area contributed by atoms with E-state index in [9.17, 15) is 14.4 Å². The zero-order valence-corrected chi connectivity index (χ0v) is 14.7. The topological polar surface area (TPSA) is 72.5 Å². The zero-order valence-electron chi connectivity index (χ0n) is 14.7. The van der Waals surface area contributed by atoms with Crippen LogP contribution in [0.2, 0.25) is 0 Å². The molecule has 0 radical (unpaired) electrons. The lowest BCUT2D eigenvalue weighted by Crippen LogP contribution is -2.37. The maximum Gasteiger partial charge on any atom is 0.307 e. The molecule has 1 saturated carbocycles. The van der Waals surface area contributed by atoms with E-state index >= 15 is 0 Å². The molecule has 5 heteroatoms. The van der Waals surface area contributed by atoms with E-state index in [4.69, 9.17) is 4.74 Å². The quantitative estimate of drug-likeness (QED) is 0.610. The van der Waals surface area contributed by atoms with Crippen LogP contribution >= 0.6 is 0 Å². The van der Waals surface area contributed by atoms with Crippen molar-refractivity contribution < 1.29 is 19.1 Å². The Morgan fingerprint density at radius 1 is 1.12 bits per heavy atom. The summed E-state index contributed by atoms with van der Waals surface area (Å²) in [5, 5.41) is 2.80. The number of rotatable bonds is 7. The minimum absolute atomic E-state index is 0.00301. The van der Waals surface area contributed by atoms with Gasteiger partial charge in [0.1, 0.15) is 0 Å². The number of esters is 1. The van der Waals surface area contributed by atoms with Crippen LogP contribution in [0.1, 0.15) is 66.9 Å². The summed E-state index contributed by atoms with van der Waals surface area (Å²) >= 11 is 0. The highest BCUT2D eigenvalue weighted by Crippen LogP contribution is 2.23. The first kappa shape index (κ1) is 17.6. The zero-order chi connectivity index (χ0) is 17.8. The fourth-order valence-corrected chi connectivity index (χ4v) is 3.12. The second-order valence-electron chi connectivity index (χ2n) is 7.03. The molecule has 5 nitrogen and oxygen atoms in total. The lowest BCUT2D eigenvalue weighted by molar-refractivity contribution is -0.154. The van der Waals surface area contributed by atoms with Crippen LogP contribution in [-0.4, -0.2) is 29.8 Å². The summed E-state index contributed by atoms with van der Waals surface area (Å²) in [6, 6.07) is 6.08. The van der Waals surface area contributed by atoms with E-state index in [1.807, 2.05) is 18.2 Å². The average molecular weight is 343 g/mol. The van der Waals surface area contributed by atoms with Crippen LogP contribution in [0.25, 0.3) is 0 Å². The molecule has 0 spiro atoms. The van der Waals surface area contributed by atoms with E-state index in [1.165, 1.54) is 17.5 Å². The monoisotopic (exact) mass is 343 g/mol. The molecule has 0 unspecified atom stereocenters. The molecule has 0 bridgehead atoms. The van der Waals surface area contributed by atoms with Gasteiger partial charge >= 0.3 is 5.97 Å². The number of hydrogen-bond acceptors (Lipinski definition) is 4. The molecular formula is C20H25NO4. The maximum atomic E-state index is 12.3. The number of aryl methyl sites for hydroxylation is 2. The number of ether oxygens (including phenoxy) is 1. The first-order chi connectivity index (χ1) is 12.0. The summed E-state index contributed by atoms with van der Waals surface area (Å²) in [6.45, 7) is 1.56. The Morgan fingerprint density at radius 2 is 1.84 bits per heavy atom. The molecule has 2 aliphatic carbocycles. The number of hydrogen-bond donors (Lipinski definition) is 1. The van der Waals surface area contributed by atoms with Gasteiger partial charge in [0.15, 0.2) is 11.9 Å². The predicted octanol–water partition coefficient (Wildman–Crippen LogP) is 2.74. The van der Waals surface area contributed by atoms with Crippen molar-refractivity contribution in [1.29, 1.82) is 0 Å². The highest BCUT2D eigenvalue weighted by molar-refractivity contribution is 5.98. The first-order valence-electron chi connectivity index (χ1n) is 9.18. The van der Waals surface area contributed by atoms with Crippen molar-refractivity contribution in [3.05, 3.63) is 34.9 Å². The van der Waals surface area contributed by atoms with Gasteiger partial charge in [0, 0.05) is 18.0 Å². The third kappa shape index (κ3) is 4.91. The SMILES string of the molecule is C[C@H](OC(=O)CCC(=O)c1ccc2c(c1)CCCC2)C(=O)NC1CC1. The second kappa shape index (κ2) is 7.81. The van der Waals surface area contributed by atoms with Crippen molar-refractivity contribution in [2.24, 2.45) is 0 Å². The van der Waals surface area contributed by atoms with Gasteiger partial charge < -0.3 is 10.1 Å². The van der Waals surface area contributed by atoms with Crippen molar-refractivity contribution >= 4 is 17.7 Å². The number of fused-ring (bicyclic) bond motifs is 1. The molecular weight excluding hydrogens is 318 g/mol. The van der Waals surface area contributed by atoms with Crippen LogP contribution in [0.5, 0.6) is 0 Å². The van der Waals surface area contributed by atoms with Crippen molar-refractivity contribution in [3.8, 4) is 0 Å². The van der Waals surface area contributed by atoms with Gasteiger partial charge in [-0.05, 0) is 62.6 Å². The van der Waals surface area contributed by atoms with Gasteiger partial charge in [-0.25, -0.2) is 0 Å². The molecule has 1 atom stereocenters. The summed E-state index contributed by atoms with van der Waals surface area (Å²) in [5.41, 5.74) is 3.25. The van der Waals surface area contributed by atoms with Gasteiger partial charge in [-0.1, -0.05) is 12.1 Å². The normalized spacial score (nSPS) is 17.3. The van der Waals surface area contributed by atoms with Crippen LogP contribution in [0, 0.1) is 0 Å². The molecule has 1 aromatic carbocycles. The molecule has 0 aromatic heterocycles. The molecule has 1 N–H and O–H groups in total. The standard InChI is InChI=1S/C20H25NO4/c1-13(20(24)21-17-8-9-17)25-19(23)11-10-18(22)16-7-6-14-4-2-3-5-15(14)12-16/h6-7,12-13,17H,2-5,8-11H2,1H3,(H,21,24)/t13-/m0/s1. The van der Waals surface area contributed by atoms with Crippen LogP contribution in [0.4, 0.5) is 0 Å². The van der Waals surface area contributed by atoms with Gasteiger partial charge in [0.2, 0.25) is 0 Å². The Bertz CT molecular complexity index is 678. The second-order valence-corrected chi connectivity index (χ2v) is 7.03. The van der Waals surface area contributed by atoms with Gasteiger partial charge in [-0.2, -0.15) is 0 Å². The molecule has 3 rings (SSSR count). The molecule has 0 heterocycles. The highest BCUT2D eigenvalue weighted by Gasteiger charge is 2.27. The highest BCUT2D eigenvalue weighted by atomic mass is 16.5. The summed E-state index contributed by atoms with van der Waals surface area (Å²) in [5.74, 6) is -0.831. The van der Waals surface area contributed by atoms with E-state index in [0.717, 1.165) is 32.1 Å². The summed E-state index contributed by atoms with van der Waals surface area (Å²) in [6.07, 6.45) is 5.74. The summed E-state index contributed by atoms with van der Waals surface area (Å²) < 4.78 is 5.11. The van der Waals surface area contributed by atoms with Crippen molar-refractivity contribution in [3.63, 3.8) is 0 Å². The van der Waals surface area contributed by atoms with Gasteiger partial charge in [0.25, 0.3) is 5.91 Å². The van der Waals surface area contributed by atoms with Gasteiger partial charge in [0.05, 0.1) is 6.42 Å². The Balaban J connectivity index is 1.46. The van der Waals surface area contributed by atoms with E-state index < -0.39 is 12.1 Å².